The quantitative estimate of drug-likeness (QED) is 0.813. The maximum Gasteiger partial charge on any atom is 0.234 e. The highest BCUT2D eigenvalue weighted by Gasteiger charge is 2.26. The van der Waals surface area contributed by atoms with Crippen LogP contribution in [0.5, 0.6) is 0 Å². The average molecular weight is 268 g/mol. The fourth-order valence-corrected chi connectivity index (χ4v) is 3.24. The van der Waals surface area contributed by atoms with Crippen LogP contribution in [0.2, 0.25) is 0 Å². The summed E-state index contributed by atoms with van der Waals surface area (Å²) in [5, 5.41) is 12.9. The molecule has 4 nitrogen and oxygen atoms in total. The molecule has 2 atom stereocenters. The number of likely N-dealkylation sites (tertiary alicyclic amines) is 1. The summed E-state index contributed by atoms with van der Waals surface area (Å²) in [6, 6.07) is 0.386. The van der Waals surface area contributed by atoms with E-state index >= 15 is 0 Å². The van der Waals surface area contributed by atoms with Crippen LogP contribution in [-0.4, -0.2) is 47.7 Å². The number of nitrogens with zero attached hydrogens (tertiary/aromatic N) is 1. The molecule has 1 amide bonds. The second-order valence-electron chi connectivity index (χ2n) is 6.59. The lowest BCUT2D eigenvalue weighted by molar-refractivity contribution is -0.124. The van der Waals surface area contributed by atoms with Crippen molar-refractivity contribution in [3.8, 4) is 0 Å². The number of carbonyl (C=O) groups is 1. The minimum atomic E-state index is -0.195. The first kappa shape index (κ1) is 14.8. The molecule has 4 heteroatoms. The van der Waals surface area contributed by atoms with E-state index in [1.807, 2.05) is 0 Å². The summed E-state index contributed by atoms with van der Waals surface area (Å²) in [7, 11) is 0. The fourth-order valence-electron chi connectivity index (χ4n) is 3.24. The minimum Gasteiger partial charge on any atom is -0.393 e. The standard InChI is InChI=1S/C15H28N2O2/c1-11-3-5-13(6-4-11)16-15(19)10-17-8-7-14(18)12(2)9-17/h11-14,18H,3-10H2,1-2H3,(H,16,19). The molecule has 0 radical (unpaired) electrons. The average Bonchev–Trinajstić information content (AvgIpc) is 2.37. The van der Waals surface area contributed by atoms with Gasteiger partial charge in [0.25, 0.3) is 0 Å². The summed E-state index contributed by atoms with van der Waals surface area (Å²) in [5.74, 6) is 1.25. The third-order valence-electron chi connectivity index (χ3n) is 4.69. The number of piperidine rings is 1. The Balaban J connectivity index is 1.69. The van der Waals surface area contributed by atoms with Gasteiger partial charge < -0.3 is 10.4 Å². The van der Waals surface area contributed by atoms with Crippen LogP contribution in [0.1, 0.15) is 46.0 Å². The third-order valence-corrected chi connectivity index (χ3v) is 4.69. The lowest BCUT2D eigenvalue weighted by atomic mass is 9.87. The van der Waals surface area contributed by atoms with Gasteiger partial charge in [0.15, 0.2) is 0 Å². The van der Waals surface area contributed by atoms with Crippen LogP contribution in [0.4, 0.5) is 0 Å². The van der Waals surface area contributed by atoms with Gasteiger partial charge in [0.2, 0.25) is 5.91 Å². The normalized spacial score (nSPS) is 37.0. The molecule has 1 aliphatic carbocycles. The van der Waals surface area contributed by atoms with Crippen molar-refractivity contribution >= 4 is 5.91 Å². The summed E-state index contributed by atoms with van der Waals surface area (Å²) in [4.78, 5) is 14.2. The van der Waals surface area contributed by atoms with Crippen molar-refractivity contribution in [3.05, 3.63) is 0 Å². The summed E-state index contributed by atoms with van der Waals surface area (Å²) in [6.07, 6.45) is 5.31. The molecule has 110 valence electrons. The van der Waals surface area contributed by atoms with Gasteiger partial charge in [-0.15, -0.1) is 0 Å². The molecule has 0 bridgehead atoms. The zero-order valence-corrected chi connectivity index (χ0v) is 12.3. The van der Waals surface area contributed by atoms with Crippen molar-refractivity contribution in [3.63, 3.8) is 0 Å². The first-order chi connectivity index (χ1) is 9.04. The Hall–Kier alpha value is -0.610. The Morgan fingerprint density at radius 2 is 1.89 bits per heavy atom. The molecule has 1 saturated heterocycles. The first-order valence-corrected chi connectivity index (χ1v) is 7.74. The van der Waals surface area contributed by atoms with E-state index in [2.05, 4.69) is 24.1 Å². The second kappa shape index (κ2) is 6.71. The SMILES string of the molecule is CC1CCC(NC(=O)CN2CCC(O)C(C)C2)CC1. The number of hydrogen-bond donors (Lipinski definition) is 2. The largest absolute Gasteiger partial charge is 0.393 e. The monoisotopic (exact) mass is 268 g/mol. The summed E-state index contributed by atoms with van der Waals surface area (Å²) in [6.45, 7) is 6.50. The van der Waals surface area contributed by atoms with E-state index in [0.717, 1.165) is 38.3 Å². The van der Waals surface area contributed by atoms with Crippen molar-refractivity contribution in [2.75, 3.05) is 19.6 Å². The summed E-state index contributed by atoms with van der Waals surface area (Å²) >= 11 is 0. The minimum absolute atomic E-state index is 0.156. The number of nitrogens with one attached hydrogen (secondary N) is 1. The van der Waals surface area contributed by atoms with Gasteiger partial charge in [-0.05, 0) is 43.9 Å². The number of aliphatic hydroxyl groups is 1. The number of carbonyl (C=O) groups excluding carboxylic acids is 1. The van der Waals surface area contributed by atoms with Crippen molar-refractivity contribution in [1.29, 1.82) is 0 Å². The smallest absolute Gasteiger partial charge is 0.234 e. The van der Waals surface area contributed by atoms with Crippen LogP contribution in [-0.2, 0) is 4.79 Å². The molecule has 2 N–H and O–H groups in total. The zero-order valence-electron chi connectivity index (χ0n) is 12.3. The molecule has 2 aliphatic rings. The molecule has 2 fully saturated rings. The van der Waals surface area contributed by atoms with Crippen LogP contribution < -0.4 is 5.32 Å². The number of rotatable bonds is 3. The molecule has 0 aromatic rings. The van der Waals surface area contributed by atoms with Crippen molar-refractivity contribution < 1.29 is 9.90 Å². The number of amides is 1. The number of hydrogen-bond acceptors (Lipinski definition) is 3. The van der Waals surface area contributed by atoms with E-state index in [1.54, 1.807) is 0 Å². The van der Waals surface area contributed by atoms with Gasteiger partial charge >= 0.3 is 0 Å². The van der Waals surface area contributed by atoms with Crippen LogP contribution in [0.25, 0.3) is 0 Å². The summed E-state index contributed by atoms with van der Waals surface area (Å²) in [5.41, 5.74) is 0. The Labute approximate surface area is 116 Å². The van der Waals surface area contributed by atoms with Gasteiger partial charge in [-0.3, -0.25) is 9.69 Å². The van der Waals surface area contributed by atoms with Crippen LogP contribution in [0, 0.1) is 11.8 Å². The van der Waals surface area contributed by atoms with Crippen molar-refractivity contribution in [1.82, 2.24) is 10.2 Å². The van der Waals surface area contributed by atoms with Gasteiger partial charge in [0.05, 0.1) is 12.6 Å². The molecular formula is C15H28N2O2. The first-order valence-electron chi connectivity index (χ1n) is 7.74. The molecule has 2 rings (SSSR count). The highest BCUT2D eigenvalue weighted by atomic mass is 16.3. The van der Waals surface area contributed by atoms with Crippen LogP contribution in [0.3, 0.4) is 0 Å². The Kier molecular flexibility index (Phi) is 5.22. The molecule has 2 unspecified atom stereocenters. The van der Waals surface area contributed by atoms with E-state index in [4.69, 9.17) is 0 Å². The number of aliphatic hydroxyl groups excluding tert-OH is 1. The molecular weight excluding hydrogens is 240 g/mol. The molecule has 0 aromatic carbocycles. The van der Waals surface area contributed by atoms with E-state index in [0.29, 0.717) is 12.6 Å². The van der Waals surface area contributed by atoms with Gasteiger partial charge in [-0.2, -0.15) is 0 Å². The maximum atomic E-state index is 12.0. The molecule has 1 heterocycles. The summed E-state index contributed by atoms with van der Waals surface area (Å²) < 4.78 is 0. The zero-order chi connectivity index (χ0) is 13.8. The van der Waals surface area contributed by atoms with E-state index in [-0.39, 0.29) is 17.9 Å². The molecule has 1 saturated carbocycles. The highest BCUT2D eigenvalue weighted by Crippen LogP contribution is 2.23. The van der Waals surface area contributed by atoms with Crippen molar-refractivity contribution in [2.45, 2.75) is 58.1 Å². The lowest BCUT2D eigenvalue weighted by Crippen LogP contribution is -2.48. The Bertz CT molecular complexity index is 301. The fraction of sp³-hybridized carbons (Fsp3) is 0.933. The predicted octanol–water partition coefficient (Wildman–Crippen LogP) is 1.38. The van der Waals surface area contributed by atoms with E-state index in [1.165, 1.54) is 12.8 Å². The van der Waals surface area contributed by atoms with E-state index in [9.17, 15) is 9.90 Å². The molecule has 0 aromatic heterocycles. The molecule has 19 heavy (non-hydrogen) atoms. The van der Waals surface area contributed by atoms with Crippen LogP contribution >= 0.6 is 0 Å². The van der Waals surface area contributed by atoms with Gasteiger partial charge in [-0.1, -0.05) is 13.8 Å². The highest BCUT2D eigenvalue weighted by molar-refractivity contribution is 5.78. The predicted molar refractivity (Wildman–Crippen MR) is 75.8 cm³/mol. The topological polar surface area (TPSA) is 52.6 Å². The maximum absolute atomic E-state index is 12.0. The van der Waals surface area contributed by atoms with Gasteiger partial charge in [0.1, 0.15) is 0 Å². The van der Waals surface area contributed by atoms with E-state index < -0.39 is 0 Å². The third kappa shape index (κ3) is 4.46. The molecule has 1 aliphatic heterocycles. The Morgan fingerprint density at radius 1 is 1.21 bits per heavy atom. The lowest BCUT2D eigenvalue weighted by Gasteiger charge is -2.34. The molecule has 0 spiro atoms. The van der Waals surface area contributed by atoms with Gasteiger partial charge in [0, 0.05) is 19.1 Å². The van der Waals surface area contributed by atoms with Crippen molar-refractivity contribution in [2.24, 2.45) is 11.8 Å². The Morgan fingerprint density at radius 3 is 2.53 bits per heavy atom. The second-order valence-corrected chi connectivity index (χ2v) is 6.59. The van der Waals surface area contributed by atoms with Crippen LogP contribution in [0.15, 0.2) is 0 Å². The van der Waals surface area contributed by atoms with Gasteiger partial charge in [-0.25, -0.2) is 0 Å².